The highest BCUT2D eigenvalue weighted by Gasteiger charge is 2.26. The molecule has 3 rings (SSSR count). The SMILES string of the molecule is Cc1[nH]c(C(=O)N2CCN(c3ccccc3)CC2)c(C)c1[C@@H](C)O. The number of aromatic amines is 1. The van der Waals surface area contributed by atoms with Crippen molar-refractivity contribution >= 4 is 11.6 Å². The van der Waals surface area contributed by atoms with Crippen molar-refractivity contribution < 1.29 is 9.90 Å². The lowest BCUT2D eigenvalue weighted by atomic mass is 10.1. The lowest BCUT2D eigenvalue weighted by molar-refractivity contribution is 0.0740. The number of aryl methyl sites for hydroxylation is 1. The zero-order valence-corrected chi connectivity index (χ0v) is 14.5. The lowest BCUT2D eigenvalue weighted by Crippen LogP contribution is -2.49. The number of nitrogens with one attached hydrogen (secondary N) is 1. The zero-order chi connectivity index (χ0) is 17.3. The molecule has 2 heterocycles. The molecule has 1 aliphatic heterocycles. The summed E-state index contributed by atoms with van der Waals surface area (Å²) in [5, 5.41) is 9.90. The Morgan fingerprint density at radius 1 is 1.12 bits per heavy atom. The van der Waals surface area contributed by atoms with Crippen LogP contribution in [0.25, 0.3) is 0 Å². The van der Waals surface area contributed by atoms with Gasteiger partial charge < -0.3 is 19.9 Å². The maximum absolute atomic E-state index is 12.8. The summed E-state index contributed by atoms with van der Waals surface area (Å²) in [6.45, 7) is 8.61. The van der Waals surface area contributed by atoms with Crippen LogP contribution in [0.2, 0.25) is 0 Å². The van der Waals surface area contributed by atoms with Crippen LogP contribution in [0.15, 0.2) is 30.3 Å². The van der Waals surface area contributed by atoms with E-state index < -0.39 is 6.10 Å². The van der Waals surface area contributed by atoms with Crippen LogP contribution in [0.4, 0.5) is 5.69 Å². The summed E-state index contributed by atoms with van der Waals surface area (Å²) in [6.07, 6.45) is -0.572. The number of benzene rings is 1. The summed E-state index contributed by atoms with van der Waals surface area (Å²) >= 11 is 0. The fraction of sp³-hybridized carbons (Fsp3) is 0.421. The minimum Gasteiger partial charge on any atom is -0.389 e. The number of piperazine rings is 1. The number of aliphatic hydroxyl groups is 1. The molecule has 24 heavy (non-hydrogen) atoms. The van der Waals surface area contributed by atoms with E-state index in [1.807, 2.05) is 36.9 Å². The van der Waals surface area contributed by atoms with Crippen molar-refractivity contribution in [2.24, 2.45) is 0 Å². The van der Waals surface area contributed by atoms with Crippen LogP contribution in [0.3, 0.4) is 0 Å². The molecule has 1 aromatic heterocycles. The second-order valence-corrected chi connectivity index (χ2v) is 6.45. The van der Waals surface area contributed by atoms with Crippen molar-refractivity contribution in [2.75, 3.05) is 31.1 Å². The van der Waals surface area contributed by atoms with E-state index >= 15 is 0 Å². The molecule has 128 valence electrons. The van der Waals surface area contributed by atoms with Crippen molar-refractivity contribution in [1.29, 1.82) is 0 Å². The van der Waals surface area contributed by atoms with Gasteiger partial charge in [0.15, 0.2) is 0 Å². The van der Waals surface area contributed by atoms with Gasteiger partial charge in [-0.05, 0) is 38.5 Å². The summed E-state index contributed by atoms with van der Waals surface area (Å²) < 4.78 is 0. The fourth-order valence-corrected chi connectivity index (χ4v) is 3.57. The summed E-state index contributed by atoms with van der Waals surface area (Å²) in [4.78, 5) is 20.2. The third-order valence-electron chi connectivity index (χ3n) is 4.82. The van der Waals surface area contributed by atoms with Crippen LogP contribution < -0.4 is 4.90 Å². The number of nitrogens with zero attached hydrogens (tertiary/aromatic N) is 2. The summed E-state index contributed by atoms with van der Waals surface area (Å²) in [5.41, 5.74) is 4.37. The standard InChI is InChI=1S/C19H25N3O2/c1-13-17(15(3)23)14(2)20-18(13)19(24)22-11-9-21(10-12-22)16-7-5-4-6-8-16/h4-8,15,20,23H,9-12H2,1-3H3/t15-/m1/s1. The molecule has 5 nitrogen and oxygen atoms in total. The number of anilines is 1. The van der Waals surface area contributed by atoms with Crippen LogP contribution in [0.5, 0.6) is 0 Å². The van der Waals surface area contributed by atoms with Crippen LogP contribution in [0.1, 0.15) is 40.3 Å². The molecule has 1 aliphatic rings. The van der Waals surface area contributed by atoms with E-state index in [0.717, 1.165) is 29.9 Å². The second-order valence-electron chi connectivity index (χ2n) is 6.45. The smallest absolute Gasteiger partial charge is 0.270 e. The van der Waals surface area contributed by atoms with E-state index in [-0.39, 0.29) is 5.91 Å². The van der Waals surface area contributed by atoms with Crippen LogP contribution >= 0.6 is 0 Å². The average molecular weight is 327 g/mol. The lowest BCUT2D eigenvalue weighted by Gasteiger charge is -2.36. The van der Waals surface area contributed by atoms with Crippen molar-refractivity contribution in [3.63, 3.8) is 0 Å². The van der Waals surface area contributed by atoms with Gasteiger partial charge in [-0.1, -0.05) is 18.2 Å². The molecule has 0 spiro atoms. The summed E-state index contributed by atoms with van der Waals surface area (Å²) in [7, 11) is 0. The number of carbonyl (C=O) groups is 1. The molecule has 1 saturated heterocycles. The van der Waals surface area contributed by atoms with Crippen molar-refractivity contribution in [2.45, 2.75) is 26.9 Å². The Labute approximate surface area is 142 Å². The highest BCUT2D eigenvalue weighted by Crippen LogP contribution is 2.26. The molecule has 1 amide bonds. The maximum Gasteiger partial charge on any atom is 0.270 e. The van der Waals surface area contributed by atoms with E-state index in [0.29, 0.717) is 18.8 Å². The Morgan fingerprint density at radius 3 is 2.29 bits per heavy atom. The van der Waals surface area contributed by atoms with Gasteiger partial charge in [0.2, 0.25) is 0 Å². The van der Waals surface area contributed by atoms with E-state index in [9.17, 15) is 9.90 Å². The monoisotopic (exact) mass is 327 g/mol. The number of hydrogen-bond acceptors (Lipinski definition) is 3. The number of para-hydroxylation sites is 1. The Hall–Kier alpha value is -2.27. The van der Waals surface area contributed by atoms with Gasteiger partial charge in [0, 0.05) is 43.1 Å². The third-order valence-corrected chi connectivity index (χ3v) is 4.82. The second kappa shape index (κ2) is 6.69. The van der Waals surface area contributed by atoms with Gasteiger partial charge in [0.1, 0.15) is 5.69 Å². The largest absolute Gasteiger partial charge is 0.389 e. The minimum atomic E-state index is -0.572. The quantitative estimate of drug-likeness (QED) is 0.911. The number of amides is 1. The van der Waals surface area contributed by atoms with Gasteiger partial charge >= 0.3 is 0 Å². The molecular weight excluding hydrogens is 302 g/mol. The highest BCUT2D eigenvalue weighted by molar-refractivity contribution is 5.94. The van der Waals surface area contributed by atoms with Gasteiger partial charge in [-0.25, -0.2) is 0 Å². The number of rotatable bonds is 3. The first kappa shape index (κ1) is 16.6. The topological polar surface area (TPSA) is 59.6 Å². The molecule has 1 atom stereocenters. The summed E-state index contributed by atoms with van der Waals surface area (Å²) in [5.74, 6) is 0.0233. The molecule has 0 bridgehead atoms. The predicted octanol–water partition coefficient (Wildman–Crippen LogP) is 2.65. The highest BCUT2D eigenvalue weighted by atomic mass is 16.3. The first-order chi connectivity index (χ1) is 11.5. The van der Waals surface area contributed by atoms with Crippen molar-refractivity contribution in [3.8, 4) is 0 Å². The number of hydrogen-bond donors (Lipinski definition) is 2. The molecule has 2 aromatic rings. The zero-order valence-electron chi connectivity index (χ0n) is 14.5. The number of aromatic nitrogens is 1. The number of aliphatic hydroxyl groups excluding tert-OH is 1. The van der Waals surface area contributed by atoms with Crippen molar-refractivity contribution in [3.05, 3.63) is 52.8 Å². The molecule has 1 aromatic carbocycles. The molecule has 0 unspecified atom stereocenters. The van der Waals surface area contributed by atoms with Gasteiger partial charge in [0.05, 0.1) is 6.10 Å². The Morgan fingerprint density at radius 2 is 1.75 bits per heavy atom. The fourth-order valence-electron chi connectivity index (χ4n) is 3.57. The molecule has 5 heteroatoms. The Bertz CT molecular complexity index is 714. The van der Waals surface area contributed by atoms with Crippen LogP contribution in [-0.2, 0) is 0 Å². The van der Waals surface area contributed by atoms with Gasteiger partial charge in [-0.3, -0.25) is 4.79 Å². The average Bonchev–Trinajstić information content (AvgIpc) is 2.89. The molecule has 0 aliphatic carbocycles. The number of H-pyrrole nitrogens is 1. The first-order valence-corrected chi connectivity index (χ1v) is 8.45. The van der Waals surface area contributed by atoms with Gasteiger partial charge in [0.25, 0.3) is 5.91 Å². The van der Waals surface area contributed by atoms with Crippen LogP contribution in [-0.4, -0.2) is 47.1 Å². The molecular formula is C19H25N3O2. The van der Waals surface area contributed by atoms with E-state index in [2.05, 4.69) is 22.0 Å². The van der Waals surface area contributed by atoms with E-state index in [4.69, 9.17) is 0 Å². The molecule has 0 radical (unpaired) electrons. The molecule has 0 saturated carbocycles. The Kier molecular flexibility index (Phi) is 4.62. The van der Waals surface area contributed by atoms with Gasteiger partial charge in [-0.2, -0.15) is 0 Å². The van der Waals surface area contributed by atoms with E-state index in [1.54, 1.807) is 6.92 Å². The van der Waals surface area contributed by atoms with Crippen molar-refractivity contribution in [1.82, 2.24) is 9.88 Å². The Balaban J connectivity index is 1.71. The van der Waals surface area contributed by atoms with E-state index in [1.165, 1.54) is 5.69 Å². The normalized spacial score (nSPS) is 16.3. The minimum absolute atomic E-state index is 0.0233. The molecule has 2 N–H and O–H groups in total. The third kappa shape index (κ3) is 3.04. The predicted molar refractivity (Wildman–Crippen MR) is 95.5 cm³/mol. The maximum atomic E-state index is 12.8. The first-order valence-electron chi connectivity index (χ1n) is 8.45. The van der Waals surface area contributed by atoms with Crippen LogP contribution in [0, 0.1) is 13.8 Å². The summed E-state index contributed by atoms with van der Waals surface area (Å²) in [6, 6.07) is 10.3. The number of carbonyl (C=O) groups excluding carboxylic acids is 1. The van der Waals surface area contributed by atoms with Gasteiger partial charge in [-0.15, -0.1) is 0 Å². The molecule has 1 fully saturated rings.